The maximum Gasteiger partial charge on any atom is 0.253 e. The van der Waals surface area contributed by atoms with Crippen molar-refractivity contribution in [1.82, 2.24) is 5.32 Å². The van der Waals surface area contributed by atoms with Crippen molar-refractivity contribution >= 4 is 33.4 Å². The molecule has 0 saturated heterocycles. The van der Waals surface area contributed by atoms with Crippen molar-refractivity contribution < 1.29 is 9.59 Å². The van der Waals surface area contributed by atoms with Gasteiger partial charge in [-0.25, -0.2) is 0 Å². The summed E-state index contributed by atoms with van der Waals surface area (Å²) < 4.78 is 0.699. The van der Waals surface area contributed by atoms with Crippen molar-refractivity contribution in [3.63, 3.8) is 0 Å². The minimum absolute atomic E-state index is 0.0449. The zero-order chi connectivity index (χ0) is 18.6. The Morgan fingerprint density at radius 3 is 2.36 bits per heavy atom. The van der Waals surface area contributed by atoms with Crippen molar-refractivity contribution in [3.05, 3.63) is 63.6 Å². The highest BCUT2D eigenvalue weighted by Gasteiger charge is 2.25. The molecule has 0 spiro atoms. The van der Waals surface area contributed by atoms with Crippen LogP contribution in [-0.2, 0) is 4.79 Å². The Labute approximate surface area is 157 Å². The summed E-state index contributed by atoms with van der Waals surface area (Å²) in [6, 6.07) is 12.4. The molecule has 4 nitrogen and oxygen atoms in total. The Balaban J connectivity index is 2.17. The third-order valence-electron chi connectivity index (χ3n) is 4.01. The topological polar surface area (TPSA) is 58.2 Å². The van der Waals surface area contributed by atoms with Gasteiger partial charge in [0.2, 0.25) is 5.91 Å². The molecule has 2 rings (SSSR count). The zero-order valence-electron chi connectivity index (χ0n) is 14.9. The fourth-order valence-corrected chi connectivity index (χ4v) is 2.95. The average molecular weight is 403 g/mol. The van der Waals surface area contributed by atoms with E-state index in [-0.39, 0.29) is 17.7 Å². The van der Waals surface area contributed by atoms with E-state index < -0.39 is 6.04 Å². The van der Waals surface area contributed by atoms with Gasteiger partial charge in [0.05, 0.1) is 5.56 Å². The smallest absolute Gasteiger partial charge is 0.253 e. The highest BCUT2D eigenvalue weighted by atomic mass is 79.9. The van der Waals surface area contributed by atoms with E-state index in [1.807, 2.05) is 52.0 Å². The predicted octanol–water partition coefficient (Wildman–Crippen LogP) is 4.46. The summed E-state index contributed by atoms with van der Waals surface area (Å²) in [6.07, 6.45) is 0. The molecule has 5 heteroatoms. The molecule has 2 aromatic carbocycles. The van der Waals surface area contributed by atoms with E-state index in [1.54, 1.807) is 18.2 Å². The van der Waals surface area contributed by atoms with Gasteiger partial charge >= 0.3 is 0 Å². The molecule has 0 aromatic heterocycles. The second-order valence-electron chi connectivity index (χ2n) is 6.48. The molecule has 2 amide bonds. The second kappa shape index (κ2) is 8.30. The first-order chi connectivity index (χ1) is 11.8. The minimum Gasteiger partial charge on any atom is -0.340 e. The summed E-state index contributed by atoms with van der Waals surface area (Å²) in [5.41, 5.74) is 3.33. The van der Waals surface area contributed by atoms with Crippen LogP contribution in [0.25, 0.3) is 0 Å². The van der Waals surface area contributed by atoms with Crippen LogP contribution in [0.3, 0.4) is 0 Å². The summed E-state index contributed by atoms with van der Waals surface area (Å²) in [7, 11) is 0. The first-order valence-electron chi connectivity index (χ1n) is 8.23. The lowest BCUT2D eigenvalue weighted by molar-refractivity contribution is -0.118. The second-order valence-corrected chi connectivity index (χ2v) is 7.34. The first-order valence-corrected chi connectivity index (χ1v) is 9.02. The highest BCUT2D eigenvalue weighted by molar-refractivity contribution is 9.10. The molecule has 2 N–H and O–H groups in total. The quantitative estimate of drug-likeness (QED) is 0.775. The molecule has 0 fully saturated rings. The van der Waals surface area contributed by atoms with Gasteiger partial charge < -0.3 is 10.6 Å². The summed E-state index contributed by atoms with van der Waals surface area (Å²) in [5.74, 6) is -0.539. The van der Waals surface area contributed by atoms with E-state index in [2.05, 4.69) is 26.6 Å². The molecular weight excluding hydrogens is 380 g/mol. The van der Waals surface area contributed by atoms with Gasteiger partial charge in [0.1, 0.15) is 6.04 Å². The molecule has 0 bridgehead atoms. The average Bonchev–Trinajstić information content (AvgIpc) is 2.55. The van der Waals surface area contributed by atoms with Gasteiger partial charge in [-0.2, -0.15) is 0 Å². The lowest BCUT2D eigenvalue weighted by Crippen LogP contribution is -2.47. The number of anilines is 1. The van der Waals surface area contributed by atoms with Crippen molar-refractivity contribution in [1.29, 1.82) is 0 Å². The Morgan fingerprint density at radius 1 is 1.04 bits per heavy atom. The molecule has 1 atom stereocenters. The van der Waals surface area contributed by atoms with Crippen molar-refractivity contribution in [2.45, 2.75) is 33.7 Å². The molecule has 1 unspecified atom stereocenters. The maximum absolute atomic E-state index is 12.7. The summed E-state index contributed by atoms with van der Waals surface area (Å²) in [5, 5.41) is 5.79. The largest absolute Gasteiger partial charge is 0.340 e. The number of carbonyl (C=O) groups is 2. The van der Waals surface area contributed by atoms with E-state index in [4.69, 9.17) is 0 Å². The van der Waals surface area contributed by atoms with E-state index in [1.165, 1.54) is 0 Å². The van der Waals surface area contributed by atoms with Crippen LogP contribution in [0.5, 0.6) is 0 Å². The van der Waals surface area contributed by atoms with Crippen molar-refractivity contribution in [3.8, 4) is 0 Å². The standard InChI is InChI=1S/C20H23BrN2O2/c1-12(2)18(23-19(24)15-7-5-6-8-16(15)21)20(25)22-17-11-13(3)9-10-14(17)4/h5-12,18H,1-4H3,(H,22,25)(H,23,24). The number of rotatable bonds is 5. The van der Waals surface area contributed by atoms with E-state index >= 15 is 0 Å². The Morgan fingerprint density at radius 2 is 1.72 bits per heavy atom. The molecule has 0 heterocycles. The van der Waals surface area contributed by atoms with Crippen LogP contribution in [0.15, 0.2) is 46.9 Å². The maximum atomic E-state index is 12.7. The lowest BCUT2D eigenvalue weighted by Gasteiger charge is -2.22. The lowest BCUT2D eigenvalue weighted by atomic mass is 10.0. The van der Waals surface area contributed by atoms with Crippen LogP contribution < -0.4 is 10.6 Å². The number of hydrogen-bond acceptors (Lipinski definition) is 2. The van der Waals surface area contributed by atoms with E-state index in [0.29, 0.717) is 10.0 Å². The van der Waals surface area contributed by atoms with Crippen LogP contribution in [0, 0.1) is 19.8 Å². The fourth-order valence-electron chi connectivity index (χ4n) is 2.48. The molecule has 25 heavy (non-hydrogen) atoms. The van der Waals surface area contributed by atoms with Crippen molar-refractivity contribution in [2.24, 2.45) is 5.92 Å². The summed E-state index contributed by atoms with van der Waals surface area (Å²) in [6.45, 7) is 7.74. The fraction of sp³-hybridized carbons (Fsp3) is 0.300. The minimum atomic E-state index is -0.625. The number of halogens is 1. The van der Waals surface area contributed by atoms with Crippen LogP contribution in [0.1, 0.15) is 35.3 Å². The monoisotopic (exact) mass is 402 g/mol. The zero-order valence-corrected chi connectivity index (χ0v) is 16.5. The molecule has 132 valence electrons. The normalized spacial score (nSPS) is 11.9. The van der Waals surface area contributed by atoms with Crippen molar-refractivity contribution in [2.75, 3.05) is 5.32 Å². The summed E-state index contributed by atoms with van der Waals surface area (Å²) >= 11 is 3.37. The Kier molecular flexibility index (Phi) is 6.37. The van der Waals surface area contributed by atoms with Gasteiger partial charge in [0.15, 0.2) is 0 Å². The number of nitrogens with one attached hydrogen (secondary N) is 2. The molecular formula is C20H23BrN2O2. The van der Waals surface area contributed by atoms with Gasteiger partial charge in [0.25, 0.3) is 5.91 Å². The molecule has 0 radical (unpaired) electrons. The van der Waals surface area contributed by atoms with Gasteiger partial charge in [0, 0.05) is 10.2 Å². The summed E-state index contributed by atoms with van der Waals surface area (Å²) in [4.78, 5) is 25.3. The predicted molar refractivity (Wildman–Crippen MR) is 105 cm³/mol. The number of hydrogen-bond donors (Lipinski definition) is 2. The number of carbonyl (C=O) groups excluding carboxylic acids is 2. The number of benzene rings is 2. The molecule has 2 aromatic rings. The van der Waals surface area contributed by atoms with Gasteiger partial charge in [-0.1, -0.05) is 38.1 Å². The molecule has 0 aliphatic heterocycles. The first kappa shape index (κ1) is 19.2. The highest BCUT2D eigenvalue weighted by Crippen LogP contribution is 2.19. The van der Waals surface area contributed by atoms with Crippen LogP contribution in [-0.4, -0.2) is 17.9 Å². The van der Waals surface area contributed by atoms with E-state index in [9.17, 15) is 9.59 Å². The Bertz CT molecular complexity index is 787. The van der Waals surface area contributed by atoms with Gasteiger partial charge in [-0.3, -0.25) is 9.59 Å². The third kappa shape index (κ3) is 4.92. The van der Waals surface area contributed by atoms with Crippen LogP contribution >= 0.6 is 15.9 Å². The van der Waals surface area contributed by atoms with Crippen LogP contribution in [0.2, 0.25) is 0 Å². The SMILES string of the molecule is Cc1ccc(C)c(NC(=O)C(NC(=O)c2ccccc2Br)C(C)C)c1. The Hall–Kier alpha value is -2.14. The van der Waals surface area contributed by atoms with Crippen LogP contribution in [0.4, 0.5) is 5.69 Å². The molecule has 0 aliphatic carbocycles. The number of amides is 2. The van der Waals surface area contributed by atoms with E-state index in [0.717, 1.165) is 16.8 Å². The van der Waals surface area contributed by atoms with Gasteiger partial charge in [-0.05, 0) is 65.0 Å². The molecule has 0 saturated carbocycles. The number of aryl methyl sites for hydroxylation is 2. The van der Waals surface area contributed by atoms with Gasteiger partial charge in [-0.15, -0.1) is 0 Å². The third-order valence-corrected chi connectivity index (χ3v) is 4.70. The molecule has 0 aliphatic rings.